The summed E-state index contributed by atoms with van der Waals surface area (Å²) in [5.41, 5.74) is 1.22. The van der Waals surface area contributed by atoms with E-state index in [0.29, 0.717) is 57.4 Å². The van der Waals surface area contributed by atoms with Crippen LogP contribution in [0.4, 0.5) is 0 Å². The van der Waals surface area contributed by atoms with E-state index in [1.807, 2.05) is 0 Å². The van der Waals surface area contributed by atoms with E-state index in [4.69, 9.17) is 37.5 Å². The second kappa shape index (κ2) is 10.7. The number of ketones is 1. The summed E-state index contributed by atoms with van der Waals surface area (Å²) in [4.78, 5) is 34.2. The van der Waals surface area contributed by atoms with E-state index in [0.717, 1.165) is 19.6 Å². The number of pyridine rings is 1. The highest BCUT2D eigenvalue weighted by molar-refractivity contribution is 6.36. The number of piperazine rings is 1. The van der Waals surface area contributed by atoms with E-state index in [1.54, 1.807) is 23.1 Å². The summed E-state index contributed by atoms with van der Waals surface area (Å²) in [6.07, 6.45) is 3.57. The highest BCUT2D eigenvalue weighted by Crippen LogP contribution is 2.34. The molecule has 1 N–H and O–H groups in total. The van der Waals surface area contributed by atoms with Crippen molar-refractivity contribution in [2.75, 3.05) is 46.4 Å². The summed E-state index contributed by atoms with van der Waals surface area (Å²) >= 11 is 12.4. The third-order valence-electron chi connectivity index (χ3n) is 5.96. The van der Waals surface area contributed by atoms with Crippen molar-refractivity contribution in [1.29, 1.82) is 0 Å². The number of fused-ring (bicyclic) bond motifs is 1. The maximum absolute atomic E-state index is 13.2. The first-order chi connectivity index (χ1) is 16.4. The summed E-state index contributed by atoms with van der Waals surface area (Å²) in [6.45, 7) is 3.53. The van der Waals surface area contributed by atoms with Crippen LogP contribution in [0.25, 0.3) is 11.0 Å². The van der Waals surface area contributed by atoms with Gasteiger partial charge in [0.15, 0.2) is 22.9 Å². The molecule has 1 aliphatic rings. The highest BCUT2D eigenvalue weighted by atomic mass is 35.5. The van der Waals surface area contributed by atoms with Gasteiger partial charge in [-0.15, -0.1) is 0 Å². The van der Waals surface area contributed by atoms with Gasteiger partial charge in [0, 0.05) is 74.7 Å². The van der Waals surface area contributed by atoms with Crippen LogP contribution in [0.1, 0.15) is 32.9 Å². The van der Waals surface area contributed by atoms with Gasteiger partial charge in [0.1, 0.15) is 0 Å². The van der Waals surface area contributed by atoms with Crippen molar-refractivity contribution in [1.82, 2.24) is 14.8 Å². The molecule has 0 aliphatic carbocycles. The largest absolute Gasteiger partial charge is 0.493 e. The molecule has 1 aliphatic heterocycles. The van der Waals surface area contributed by atoms with Crippen molar-refractivity contribution in [3.63, 3.8) is 0 Å². The van der Waals surface area contributed by atoms with Crippen molar-refractivity contribution in [2.24, 2.45) is 0 Å². The molecule has 1 aromatic carbocycles. The van der Waals surface area contributed by atoms with E-state index in [9.17, 15) is 9.59 Å². The Morgan fingerprint density at radius 3 is 2.50 bits per heavy atom. The number of aromatic nitrogens is 1. The van der Waals surface area contributed by atoms with E-state index >= 15 is 0 Å². The fraction of sp³-hybridized carbons (Fsp3) is 0.375. The summed E-state index contributed by atoms with van der Waals surface area (Å²) in [7, 11) is 1.50. The number of hydrogen-bond acceptors (Lipinski definition) is 7. The number of rotatable bonds is 8. The standard InChI is InChI=1S/C24H25Cl2N3O5/c1-33-21-4-3-15(20(31)11-17-18(25)13-27-14-19(17)26)16-12-22(34-23(16)21)24(32)29-8-6-28(7-9-29)5-2-10-30/h3-4,12-14,30H,2,5-11H2,1H3. The highest BCUT2D eigenvalue weighted by Gasteiger charge is 2.27. The Balaban J connectivity index is 1.59. The lowest BCUT2D eigenvalue weighted by atomic mass is 10.00. The van der Waals surface area contributed by atoms with E-state index in [-0.39, 0.29) is 30.5 Å². The Morgan fingerprint density at radius 1 is 1.15 bits per heavy atom. The Morgan fingerprint density at radius 2 is 1.85 bits per heavy atom. The van der Waals surface area contributed by atoms with Gasteiger partial charge in [0.05, 0.1) is 17.2 Å². The number of carbonyl (C=O) groups excluding carboxylic acids is 2. The Kier molecular flexibility index (Phi) is 7.73. The van der Waals surface area contributed by atoms with Gasteiger partial charge in [0.2, 0.25) is 0 Å². The number of aliphatic hydroxyl groups excluding tert-OH is 1. The quantitative estimate of drug-likeness (QED) is 0.466. The number of aliphatic hydroxyl groups is 1. The minimum absolute atomic E-state index is 0.0219. The van der Waals surface area contributed by atoms with Crippen LogP contribution in [0.3, 0.4) is 0 Å². The molecule has 1 saturated heterocycles. The molecule has 0 unspecified atom stereocenters. The van der Waals surface area contributed by atoms with Crippen LogP contribution in [0.2, 0.25) is 10.0 Å². The summed E-state index contributed by atoms with van der Waals surface area (Å²) in [5, 5.41) is 10.1. The molecule has 0 atom stereocenters. The first-order valence-corrected chi connectivity index (χ1v) is 11.7. The van der Waals surface area contributed by atoms with Crippen molar-refractivity contribution in [3.8, 4) is 5.75 Å². The van der Waals surface area contributed by atoms with Gasteiger partial charge in [0.25, 0.3) is 5.91 Å². The summed E-state index contributed by atoms with van der Waals surface area (Å²) < 4.78 is 11.3. The first-order valence-electron chi connectivity index (χ1n) is 11.0. The van der Waals surface area contributed by atoms with Crippen LogP contribution < -0.4 is 4.74 Å². The van der Waals surface area contributed by atoms with E-state index in [2.05, 4.69) is 9.88 Å². The molecular formula is C24H25Cl2N3O5. The number of carbonyl (C=O) groups is 2. The zero-order chi connectivity index (χ0) is 24.2. The average molecular weight is 506 g/mol. The lowest BCUT2D eigenvalue weighted by molar-refractivity contribution is 0.0600. The topological polar surface area (TPSA) is 96.1 Å². The van der Waals surface area contributed by atoms with Crippen LogP contribution in [0.15, 0.2) is 35.0 Å². The third kappa shape index (κ3) is 5.05. The van der Waals surface area contributed by atoms with Gasteiger partial charge in [-0.3, -0.25) is 19.5 Å². The Labute approximate surface area is 207 Å². The fourth-order valence-electron chi connectivity index (χ4n) is 4.10. The van der Waals surface area contributed by atoms with Crippen molar-refractivity contribution < 1.29 is 23.8 Å². The molecule has 10 heteroatoms. The minimum atomic E-state index is -0.237. The molecule has 0 bridgehead atoms. The minimum Gasteiger partial charge on any atom is -0.493 e. The molecule has 2 aromatic heterocycles. The molecule has 0 saturated carbocycles. The summed E-state index contributed by atoms with van der Waals surface area (Å²) in [5.74, 6) is 0.121. The zero-order valence-electron chi connectivity index (χ0n) is 18.7. The van der Waals surface area contributed by atoms with Crippen molar-refractivity contribution in [2.45, 2.75) is 12.8 Å². The van der Waals surface area contributed by atoms with Gasteiger partial charge in [-0.05, 0) is 24.6 Å². The van der Waals surface area contributed by atoms with Crippen LogP contribution in [-0.4, -0.2) is 78.0 Å². The van der Waals surface area contributed by atoms with Gasteiger partial charge in [-0.1, -0.05) is 23.2 Å². The molecule has 0 radical (unpaired) electrons. The molecular weight excluding hydrogens is 481 g/mol. The average Bonchev–Trinajstić information content (AvgIpc) is 3.29. The second-order valence-electron chi connectivity index (χ2n) is 8.06. The van der Waals surface area contributed by atoms with Crippen LogP contribution >= 0.6 is 23.2 Å². The van der Waals surface area contributed by atoms with Gasteiger partial charge >= 0.3 is 0 Å². The molecule has 3 heterocycles. The fourth-order valence-corrected chi connectivity index (χ4v) is 4.59. The number of amides is 1. The number of methoxy groups -OCH3 is 1. The molecule has 8 nitrogen and oxygen atoms in total. The van der Waals surface area contributed by atoms with Crippen LogP contribution in [0, 0.1) is 0 Å². The van der Waals surface area contributed by atoms with Gasteiger partial charge in [-0.25, -0.2) is 0 Å². The van der Waals surface area contributed by atoms with E-state index in [1.165, 1.54) is 19.5 Å². The zero-order valence-corrected chi connectivity index (χ0v) is 20.2. The lowest BCUT2D eigenvalue weighted by Gasteiger charge is -2.34. The third-order valence-corrected chi connectivity index (χ3v) is 6.61. The lowest BCUT2D eigenvalue weighted by Crippen LogP contribution is -2.48. The molecule has 4 rings (SSSR count). The Hall–Kier alpha value is -2.65. The molecule has 3 aromatic rings. The van der Waals surface area contributed by atoms with E-state index < -0.39 is 0 Å². The molecule has 1 fully saturated rings. The number of hydrogen-bond donors (Lipinski definition) is 1. The Bertz CT molecular complexity index is 1180. The predicted octanol–water partition coefficient (Wildman–Crippen LogP) is 3.71. The normalized spacial score (nSPS) is 14.5. The predicted molar refractivity (Wildman–Crippen MR) is 129 cm³/mol. The first kappa shape index (κ1) is 24.5. The smallest absolute Gasteiger partial charge is 0.289 e. The summed E-state index contributed by atoms with van der Waals surface area (Å²) in [6, 6.07) is 4.89. The molecule has 34 heavy (non-hydrogen) atoms. The molecule has 1 amide bonds. The maximum Gasteiger partial charge on any atom is 0.289 e. The number of ether oxygens (including phenoxy) is 1. The number of Topliss-reactive ketones (excluding diaryl/α,β-unsaturated/α-hetero) is 1. The van der Waals surface area contributed by atoms with Crippen LogP contribution in [-0.2, 0) is 6.42 Å². The van der Waals surface area contributed by atoms with Crippen molar-refractivity contribution in [3.05, 3.63) is 57.5 Å². The van der Waals surface area contributed by atoms with Crippen molar-refractivity contribution >= 4 is 45.9 Å². The number of nitrogens with zero attached hydrogens (tertiary/aromatic N) is 3. The SMILES string of the molecule is COc1ccc(C(=O)Cc2c(Cl)cncc2Cl)c2cc(C(=O)N3CCN(CCCO)CC3)oc12. The second-order valence-corrected chi connectivity index (χ2v) is 8.88. The monoisotopic (exact) mass is 505 g/mol. The number of furan rings is 1. The number of benzene rings is 1. The number of halogens is 2. The molecule has 0 spiro atoms. The maximum atomic E-state index is 13.2. The molecule has 180 valence electrons. The van der Waals surface area contributed by atoms with Gasteiger partial charge in [-0.2, -0.15) is 0 Å². The van der Waals surface area contributed by atoms with Gasteiger partial charge < -0.3 is 19.2 Å². The van der Waals surface area contributed by atoms with Crippen LogP contribution in [0.5, 0.6) is 5.75 Å².